The summed E-state index contributed by atoms with van der Waals surface area (Å²) in [7, 11) is 0. The minimum atomic E-state index is -0.597. The fourth-order valence-electron chi connectivity index (χ4n) is 4.44. The molecular formula is C20H21N5O2S. The number of carbonyl (C=O) groups excluding carboxylic acids is 1. The summed E-state index contributed by atoms with van der Waals surface area (Å²) in [5.41, 5.74) is 3.58. The summed E-state index contributed by atoms with van der Waals surface area (Å²) >= 11 is 1.82. The van der Waals surface area contributed by atoms with E-state index in [0.717, 1.165) is 39.1 Å². The van der Waals surface area contributed by atoms with Gasteiger partial charge in [0.15, 0.2) is 0 Å². The van der Waals surface area contributed by atoms with Crippen LogP contribution in [0.4, 0.5) is 5.95 Å². The number of amides is 1. The molecule has 1 aromatic carbocycles. The number of hydroxylamine groups is 1. The second kappa shape index (κ2) is 6.80. The number of benzene rings is 1. The van der Waals surface area contributed by atoms with Crippen molar-refractivity contribution in [2.24, 2.45) is 5.41 Å². The van der Waals surface area contributed by atoms with Gasteiger partial charge < -0.3 is 4.90 Å². The monoisotopic (exact) mass is 395 g/mol. The number of likely N-dealkylation sites (tertiary alicyclic amines) is 1. The number of nitrogens with zero attached hydrogens (tertiary/aromatic N) is 4. The quantitative estimate of drug-likeness (QED) is 0.522. The number of hydrogen-bond acceptors (Lipinski definition) is 7. The summed E-state index contributed by atoms with van der Waals surface area (Å²) in [5.74, 6) is 0.0497. The topological polar surface area (TPSA) is 81.6 Å². The fourth-order valence-corrected chi connectivity index (χ4v) is 5.39. The van der Waals surface area contributed by atoms with Crippen LogP contribution in [-0.2, 0) is 6.54 Å². The normalized spacial score (nSPS) is 18.5. The van der Waals surface area contributed by atoms with Gasteiger partial charge in [0.1, 0.15) is 0 Å². The van der Waals surface area contributed by atoms with Gasteiger partial charge in [0, 0.05) is 55.2 Å². The van der Waals surface area contributed by atoms with Gasteiger partial charge in [0.2, 0.25) is 5.95 Å². The van der Waals surface area contributed by atoms with Crippen LogP contribution < -0.4 is 10.4 Å². The number of aromatic nitrogens is 2. The van der Waals surface area contributed by atoms with E-state index < -0.39 is 5.91 Å². The Bertz CT molecular complexity index is 1010. The number of nitrogens with one attached hydrogen (secondary N) is 1. The van der Waals surface area contributed by atoms with E-state index >= 15 is 0 Å². The van der Waals surface area contributed by atoms with Crippen molar-refractivity contribution in [1.82, 2.24) is 20.3 Å². The van der Waals surface area contributed by atoms with Crippen LogP contribution in [0.15, 0.2) is 42.0 Å². The highest BCUT2D eigenvalue weighted by atomic mass is 32.1. The molecular weight excluding hydrogens is 374 g/mol. The van der Waals surface area contributed by atoms with Crippen molar-refractivity contribution in [1.29, 1.82) is 0 Å². The first kappa shape index (κ1) is 17.5. The Morgan fingerprint density at radius 2 is 2.00 bits per heavy atom. The molecule has 2 aliphatic heterocycles. The van der Waals surface area contributed by atoms with Gasteiger partial charge in [-0.25, -0.2) is 15.4 Å². The van der Waals surface area contributed by atoms with Crippen LogP contribution in [0, 0.1) is 5.41 Å². The zero-order valence-electron chi connectivity index (χ0n) is 15.3. The van der Waals surface area contributed by atoms with Crippen molar-refractivity contribution >= 4 is 33.3 Å². The number of hydrogen-bond donors (Lipinski definition) is 2. The maximum atomic E-state index is 11.4. The Labute approximate surface area is 166 Å². The Hall–Kier alpha value is -2.55. The van der Waals surface area contributed by atoms with E-state index in [2.05, 4.69) is 49.4 Å². The van der Waals surface area contributed by atoms with E-state index in [1.165, 1.54) is 28.0 Å². The average molecular weight is 395 g/mol. The van der Waals surface area contributed by atoms with Crippen molar-refractivity contribution in [2.45, 2.75) is 13.0 Å². The van der Waals surface area contributed by atoms with Crippen LogP contribution in [0.1, 0.15) is 22.3 Å². The van der Waals surface area contributed by atoms with Crippen molar-refractivity contribution in [2.75, 3.05) is 31.1 Å². The molecule has 2 N–H and O–H groups in total. The molecule has 3 aromatic rings. The molecule has 0 radical (unpaired) electrons. The summed E-state index contributed by atoms with van der Waals surface area (Å²) in [6.45, 7) is 5.07. The molecule has 2 aromatic heterocycles. The van der Waals surface area contributed by atoms with Crippen molar-refractivity contribution in [3.63, 3.8) is 0 Å². The van der Waals surface area contributed by atoms with Gasteiger partial charge in [0.25, 0.3) is 5.91 Å². The molecule has 1 spiro atoms. The predicted molar refractivity (Wildman–Crippen MR) is 108 cm³/mol. The van der Waals surface area contributed by atoms with Gasteiger partial charge in [-0.05, 0) is 28.8 Å². The number of anilines is 1. The van der Waals surface area contributed by atoms with E-state index in [0.29, 0.717) is 11.4 Å². The second-order valence-electron chi connectivity index (χ2n) is 7.79. The van der Waals surface area contributed by atoms with Crippen LogP contribution in [0.25, 0.3) is 10.1 Å². The summed E-state index contributed by atoms with van der Waals surface area (Å²) < 4.78 is 1.36. The van der Waals surface area contributed by atoms with E-state index in [-0.39, 0.29) is 5.56 Å². The van der Waals surface area contributed by atoms with Gasteiger partial charge in [0.05, 0.1) is 5.56 Å². The third-order valence-electron chi connectivity index (χ3n) is 5.80. The van der Waals surface area contributed by atoms with E-state index in [1.54, 1.807) is 5.48 Å². The molecule has 4 heterocycles. The zero-order chi connectivity index (χ0) is 19.1. The molecule has 0 aliphatic carbocycles. The highest BCUT2D eigenvalue weighted by Crippen LogP contribution is 2.41. The Morgan fingerprint density at radius 1 is 1.21 bits per heavy atom. The van der Waals surface area contributed by atoms with Crippen LogP contribution in [-0.4, -0.2) is 52.2 Å². The average Bonchev–Trinajstić information content (AvgIpc) is 3.33. The molecule has 2 fully saturated rings. The molecule has 0 saturated carbocycles. The molecule has 0 atom stereocenters. The fraction of sp³-hybridized carbons (Fsp3) is 0.350. The molecule has 144 valence electrons. The Kier molecular flexibility index (Phi) is 4.26. The molecule has 8 heteroatoms. The van der Waals surface area contributed by atoms with Crippen LogP contribution in [0.2, 0.25) is 0 Å². The first-order valence-electron chi connectivity index (χ1n) is 9.35. The van der Waals surface area contributed by atoms with Crippen LogP contribution in [0.3, 0.4) is 0 Å². The summed E-state index contributed by atoms with van der Waals surface area (Å²) in [6, 6.07) is 8.61. The third-order valence-corrected chi connectivity index (χ3v) is 6.81. The van der Waals surface area contributed by atoms with Crippen molar-refractivity contribution < 1.29 is 10.0 Å². The second-order valence-corrected chi connectivity index (χ2v) is 8.70. The molecule has 5 rings (SSSR count). The van der Waals surface area contributed by atoms with E-state index in [9.17, 15) is 4.79 Å². The van der Waals surface area contributed by atoms with Gasteiger partial charge in [-0.1, -0.05) is 18.2 Å². The lowest BCUT2D eigenvalue weighted by atomic mass is 9.79. The molecule has 7 nitrogen and oxygen atoms in total. The van der Waals surface area contributed by atoms with Crippen molar-refractivity contribution in [3.05, 3.63) is 53.2 Å². The maximum absolute atomic E-state index is 11.4. The highest BCUT2D eigenvalue weighted by Gasteiger charge is 2.48. The zero-order valence-corrected chi connectivity index (χ0v) is 16.2. The first-order valence-corrected chi connectivity index (χ1v) is 10.2. The van der Waals surface area contributed by atoms with Crippen molar-refractivity contribution in [3.8, 4) is 0 Å². The van der Waals surface area contributed by atoms with E-state index in [1.807, 2.05) is 11.3 Å². The highest BCUT2D eigenvalue weighted by molar-refractivity contribution is 7.17. The number of thiophene rings is 1. The summed E-state index contributed by atoms with van der Waals surface area (Å²) in [5, 5.41) is 12.3. The number of rotatable bonds is 4. The number of fused-ring (bicyclic) bond motifs is 1. The largest absolute Gasteiger partial charge is 0.340 e. The Balaban J connectivity index is 1.21. The molecule has 2 aliphatic rings. The van der Waals surface area contributed by atoms with Gasteiger partial charge in [-0.2, -0.15) is 0 Å². The maximum Gasteiger partial charge on any atom is 0.277 e. The molecule has 2 saturated heterocycles. The SMILES string of the molecule is O=C(NO)c1cnc(N2CCC3(CN(Cc4csc5ccccc45)C3)C2)nc1. The standard InChI is InChI=1S/C20H21N5O2S/c26-18(23-27)14-7-21-19(22-8-14)25-6-5-20(13-25)11-24(12-20)9-15-10-28-17-4-2-1-3-16(15)17/h1-4,7-8,10,27H,5-6,9,11-13H2,(H,23,26). The first-order chi connectivity index (χ1) is 13.7. The lowest BCUT2D eigenvalue weighted by Gasteiger charge is -2.48. The van der Waals surface area contributed by atoms with Gasteiger partial charge >= 0.3 is 0 Å². The minimum Gasteiger partial charge on any atom is -0.340 e. The third kappa shape index (κ3) is 3.03. The van der Waals surface area contributed by atoms with Crippen LogP contribution >= 0.6 is 11.3 Å². The molecule has 28 heavy (non-hydrogen) atoms. The Morgan fingerprint density at radius 3 is 2.79 bits per heavy atom. The molecule has 0 bridgehead atoms. The summed E-state index contributed by atoms with van der Waals surface area (Å²) in [6.07, 6.45) is 4.04. The predicted octanol–water partition coefficient (Wildman–Crippen LogP) is 2.52. The molecule has 1 amide bonds. The smallest absolute Gasteiger partial charge is 0.277 e. The van der Waals surface area contributed by atoms with Gasteiger partial charge in [-0.15, -0.1) is 11.3 Å². The minimum absolute atomic E-state index is 0.248. The van der Waals surface area contributed by atoms with E-state index in [4.69, 9.17) is 5.21 Å². The summed E-state index contributed by atoms with van der Waals surface area (Å²) in [4.78, 5) is 24.7. The van der Waals surface area contributed by atoms with Gasteiger partial charge in [-0.3, -0.25) is 14.9 Å². The number of carbonyl (C=O) groups is 1. The lowest BCUT2D eigenvalue weighted by molar-refractivity contribution is 0.0120. The van der Waals surface area contributed by atoms with Crippen LogP contribution in [0.5, 0.6) is 0 Å². The lowest BCUT2D eigenvalue weighted by Crippen LogP contribution is -2.56. The molecule has 0 unspecified atom stereocenters.